The molecular formula is C17H21ClF2N2O3. The number of hydrogen-bond donors (Lipinski definition) is 1. The monoisotopic (exact) mass is 374 g/mol. The number of halogens is 3. The summed E-state index contributed by atoms with van der Waals surface area (Å²) in [4.78, 5) is 26.1. The summed E-state index contributed by atoms with van der Waals surface area (Å²) in [6.45, 7) is 2.47. The Hall–Kier alpha value is -1.57. The molecule has 0 bridgehead atoms. The number of Topliss-reactive ketones (excluding diaryl/α,β-unsaturated/α-hetero) is 1. The number of carbonyl (C=O) groups is 2. The van der Waals surface area contributed by atoms with E-state index in [2.05, 4.69) is 5.32 Å². The third-order valence-corrected chi connectivity index (χ3v) is 4.57. The van der Waals surface area contributed by atoms with Crippen LogP contribution >= 0.6 is 12.4 Å². The van der Waals surface area contributed by atoms with Crippen LogP contribution in [0, 0.1) is 11.6 Å². The number of hydrogen-bond acceptors (Lipinski definition) is 4. The van der Waals surface area contributed by atoms with E-state index in [1.165, 1.54) is 12.1 Å². The summed E-state index contributed by atoms with van der Waals surface area (Å²) in [5.41, 5.74) is 0.537. The zero-order chi connectivity index (χ0) is 17.1. The van der Waals surface area contributed by atoms with Crippen LogP contribution in [0.2, 0.25) is 0 Å². The van der Waals surface area contributed by atoms with Gasteiger partial charge in [0.2, 0.25) is 5.91 Å². The Morgan fingerprint density at radius 2 is 1.80 bits per heavy atom. The number of benzene rings is 1. The summed E-state index contributed by atoms with van der Waals surface area (Å²) >= 11 is 0. The Morgan fingerprint density at radius 1 is 1.16 bits per heavy atom. The quantitative estimate of drug-likeness (QED) is 0.814. The molecule has 2 atom stereocenters. The van der Waals surface area contributed by atoms with Crippen LogP contribution in [0.3, 0.4) is 0 Å². The second-order valence-electron chi connectivity index (χ2n) is 6.23. The lowest BCUT2D eigenvalue weighted by Crippen LogP contribution is -2.43. The lowest BCUT2D eigenvalue weighted by Gasteiger charge is -2.27. The van der Waals surface area contributed by atoms with Gasteiger partial charge >= 0.3 is 0 Å². The number of nitrogens with one attached hydrogen (secondary N) is 1. The molecule has 1 aromatic rings. The fourth-order valence-corrected chi connectivity index (χ4v) is 3.24. The van der Waals surface area contributed by atoms with Crippen molar-refractivity contribution in [3.63, 3.8) is 0 Å². The van der Waals surface area contributed by atoms with E-state index in [9.17, 15) is 18.4 Å². The third-order valence-electron chi connectivity index (χ3n) is 4.57. The lowest BCUT2D eigenvalue weighted by atomic mass is 9.94. The first-order valence-corrected chi connectivity index (χ1v) is 8.10. The van der Waals surface area contributed by atoms with Gasteiger partial charge in [-0.15, -0.1) is 12.4 Å². The molecule has 0 aromatic heterocycles. The van der Waals surface area contributed by atoms with Gasteiger partial charge in [0.25, 0.3) is 0 Å². The molecule has 2 saturated heterocycles. The molecule has 8 heteroatoms. The van der Waals surface area contributed by atoms with Gasteiger partial charge in [-0.1, -0.05) is 0 Å². The van der Waals surface area contributed by atoms with Gasteiger partial charge in [-0.2, -0.15) is 0 Å². The van der Waals surface area contributed by atoms with Crippen LogP contribution in [0.1, 0.15) is 24.3 Å². The lowest BCUT2D eigenvalue weighted by molar-refractivity contribution is -0.139. The minimum atomic E-state index is -0.623. The molecule has 1 aromatic carbocycles. The van der Waals surface area contributed by atoms with Gasteiger partial charge in [0.15, 0.2) is 5.78 Å². The summed E-state index contributed by atoms with van der Waals surface area (Å²) in [6.07, 6.45) is 0.292. The predicted octanol–water partition coefficient (Wildman–Crippen LogP) is 1.65. The van der Waals surface area contributed by atoms with Gasteiger partial charge in [0.1, 0.15) is 11.6 Å². The van der Waals surface area contributed by atoms with E-state index in [4.69, 9.17) is 4.74 Å². The molecule has 0 saturated carbocycles. The van der Waals surface area contributed by atoms with Gasteiger partial charge in [0, 0.05) is 25.7 Å². The molecule has 138 valence electrons. The van der Waals surface area contributed by atoms with Crippen molar-refractivity contribution in [1.29, 1.82) is 0 Å². The molecule has 2 fully saturated rings. The van der Waals surface area contributed by atoms with E-state index in [0.717, 1.165) is 6.07 Å². The number of ether oxygens (including phenoxy) is 1. The Labute approximate surface area is 151 Å². The van der Waals surface area contributed by atoms with Crippen LogP contribution in [-0.2, 0) is 14.3 Å². The molecule has 0 spiro atoms. The molecule has 1 N–H and O–H groups in total. The first-order chi connectivity index (χ1) is 11.5. The minimum absolute atomic E-state index is 0. The van der Waals surface area contributed by atoms with Gasteiger partial charge in [-0.25, -0.2) is 8.78 Å². The largest absolute Gasteiger partial charge is 0.378 e. The van der Waals surface area contributed by atoms with E-state index in [0.29, 0.717) is 44.8 Å². The standard InChI is InChI=1S/C17H20F2N2O3.ClH/c18-13-5-11(6-14(19)8-13)12-7-15(20-10-12)16(22)9-17(23)21-1-3-24-4-2-21;/h5-6,8,12,15,20H,1-4,7,9-10H2;1H/t12-,15?;/m1./s1. The smallest absolute Gasteiger partial charge is 0.230 e. The summed E-state index contributed by atoms with van der Waals surface area (Å²) in [7, 11) is 0. The number of morpholine rings is 1. The molecule has 2 heterocycles. The summed E-state index contributed by atoms with van der Waals surface area (Å²) in [5.74, 6) is -1.75. The highest BCUT2D eigenvalue weighted by atomic mass is 35.5. The number of rotatable bonds is 4. The van der Waals surface area contributed by atoms with Crippen LogP contribution in [0.5, 0.6) is 0 Å². The molecule has 0 aliphatic carbocycles. The minimum Gasteiger partial charge on any atom is -0.378 e. The maximum Gasteiger partial charge on any atom is 0.230 e. The summed E-state index contributed by atoms with van der Waals surface area (Å²) in [6, 6.07) is 2.96. The number of amides is 1. The second kappa shape index (κ2) is 8.69. The fraction of sp³-hybridized carbons (Fsp3) is 0.529. The average molecular weight is 375 g/mol. The Bertz CT molecular complexity index is 618. The van der Waals surface area contributed by atoms with Crippen LogP contribution in [0.25, 0.3) is 0 Å². The maximum atomic E-state index is 13.3. The highest BCUT2D eigenvalue weighted by Crippen LogP contribution is 2.27. The van der Waals surface area contributed by atoms with E-state index < -0.39 is 17.7 Å². The SMILES string of the molecule is Cl.O=C(CC(=O)N1CCOCC1)C1C[C@@H](c2cc(F)cc(F)c2)CN1. The van der Waals surface area contributed by atoms with Crippen molar-refractivity contribution in [1.82, 2.24) is 10.2 Å². The van der Waals surface area contributed by atoms with Crippen LogP contribution in [0.4, 0.5) is 8.78 Å². The van der Waals surface area contributed by atoms with Gasteiger partial charge in [-0.3, -0.25) is 9.59 Å². The Kier molecular flexibility index (Phi) is 6.87. The van der Waals surface area contributed by atoms with Crippen molar-refractivity contribution in [2.45, 2.75) is 24.8 Å². The zero-order valence-corrected chi connectivity index (χ0v) is 14.5. The van der Waals surface area contributed by atoms with E-state index in [1.807, 2.05) is 0 Å². The normalized spacial score (nSPS) is 23.2. The number of ketones is 1. The van der Waals surface area contributed by atoms with Crippen molar-refractivity contribution >= 4 is 24.1 Å². The van der Waals surface area contributed by atoms with Crippen LogP contribution < -0.4 is 5.32 Å². The van der Waals surface area contributed by atoms with Gasteiger partial charge in [0.05, 0.1) is 25.7 Å². The van der Waals surface area contributed by atoms with Gasteiger partial charge in [-0.05, 0) is 30.0 Å². The Balaban J connectivity index is 0.00000225. The zero-order valence-electron chi connectivity index (χ0n) is 13.7. The highest BCUT2D eigenvalue weighted by molar-refractivity contribution is 6.00. The molecule has 0 radical (unpaired) electrons. The van der Waals surface area contributed by atoms with Crippen molar-refractivity contribution in [3.8, 4) is 0 Å². The van der Waals surface area contributed by atoms with E-state index in [1.54, 1.807) is 4.90 Å². The molecule has 2 aliphatic heterocycles. The first kappa shape index (κ1) is 19.8. The summed E-state index contributed by atoms with van der Waals surface area (Å²) in [5, 5.41) is 3.06. The van der Waals surface area contributed by atoms with Crippen molar-refractivity contribution in [3.05, 3.63) is 35.4 Å². The molecular weight excluding hydrogens is 354 g/mol. The topological polar surface area (TPSA) is 58.6 Å². The van der Waals surface area contributed by atoms with E-state index >= 15 is 0 Å². The van der Waals surface area contributed by atoms with Crippen LogP contribution in [-0.4, -0.2) is 55.5 Å². The molecule has 5 nitrogen and oxygen atoms in total. The molecule has 25 heavy (non-hydrogen) atoms. The second-order valence-corrected chi connectivity index (χ2v) is 6.23. The fourth-order valence-electron chi connectivity index (χ4n) is 3.24. The van der Waals surface area contributed by atoms with Crippen LogP contribution in [0.15, 0.2) is 18.2 Å². The third kappa shape index (κ3) is 4.96. The van der Waals surface area contributed by atoms with Crippen molar-refractivity contribution in [2.75, 3.05) is 32.8 Å². The summed E-state index contributed by atoms with van der Waals surface area (Å²) < 4.78 is 31.8. The van der Waals surface area contributed by atoms with Gasteiger partial charge < -0.3 is 15.0 Å². The molecule has 3 rings (SSSR count). The average Bonchev–Trinajstić information content (AvgIpc) is 3.05. The maximum absolute atomic E-state index is 13.3. The van der Waals surface area contributed by atoms with Crippen molar-refractivity contribution in [2.24, 2.45) is 0 Å². The molecule has 1 amide bonds. The van der Waals surface area contributed by atoms with Crippen molar-refractivity contribution < 1.29 is 23.1 Å². The van der Waals surface area contributed by atoms with E-state index in [-0.39, 0.29) is 36.4 Å². The number of carbonyl (C=O) groups excluding carboxylic acids is 2. The number of nitrogens with zero attached hydrogens (tertiary/aromatic N) is 1. The highest BCUT2D eigenvalue weighted by Gasteiger charge is 2.32. The molecule has 2 aliphatic rings. The first-order valence-electron chi connectivity index (χ1n) is 8.10. The molecule has 1 unspecified atom stereocenters. The Morgan fingerprint density at radius 3 is 2.44 bits per heavy atom. The predicted molar refractivity (Wildman–Crippen MR) is 89.8 cm³/mol.